The Morgan fingerprint density at radius 2 is 1.73 bits per heavy atom. The molecule has 7 rings (SSSR count). The number of rotatable bonds is 4. The Hall–Kier alpha value is -4.57. The first kappa shape index (κ1) is 21.7. The SMILES string of the molecule is Cc1nn(-c2ccccc2)c(-n2nnc3ccccc32)c1C1C=C(c2cccc(Br)c2)Nc2nncn21. The summed E-state index contributed by atoms with van der Waals surface area (Å²) < 4.78 is 6.82. The van der Waals surface area contributed by atoms with Crippen LogP contribution in [0.2, 0.25) is 0 Å². The van der Waals surface area contributed by atoms with Crippen molar-refractivity contribution in [1.29, 1.82) is 0 Å². The lowest BCUT2D eigenvalue weighted by atomic mass is 10.0. The lowest BCUT2D eigenvalue weighted by Gasteiger charge is -2.25. The fourth-order valence-electron chi connectivity index (χ4n) is 4.83. The number of aryl methyl sites for hydroxylation is 1. The predicted molar refractivity (Wildman–Crippen MR) is 145 cm³/mol. The number of nitrogens with one attached hydrogen (secondary N) is 1. The molecule has 37 heavy (non-hydrogen) atoms. The molecule has 1 unspecified atom stereocenters. The number of benzene rings is 3. The fourth-order valence-corrected chi connectivity index (χ4v) is 5.23. The molecule has 1 aliphatic rings. The Morgan fingerprint density at radius 1 is 0.892 bits per heavy atom. The third-order valence-corrected chi connectivity index (χ3v) is 7.00. The zero-order chi connectivity index (χ0) is 24.9. The number of nitrogens with zero attached hydrogens (tertiary/aromatic N) is 8. The molecule has 0 spiro atoms. The van der Waals surface area contributed by atoms with Crippen molar-refractivity contribution in [2.24, 2.45) is 0 Å². The minimum Gasteiger partial charge on any atom is -0.324 e. The van der Waals surface area contributed by atoms with Gasteiger partial charge in [-0.1, -0.05) is 63.6 Å². The van der Waals surface area contributed by atoms with Crippen LogP contribution in [0.3, 0.4) is 0 Å². The second-order valence-electron chi connectivity index (χ2n) is 8.78. The second-order valence-corrected chi connectivity index (χ2v) is 9.70. The van der Waals surface area contributed by atoms with Crippen LogP contribution in [0.5, 0.6) is 0 Å². The summed E-state index contributed by atoms with van der Waals surface area (Å²) in [4.78, 5) is 0. The van der Waals surface area contributed by atoms with Gasteiger partial charge in [0, 0.05) is 15.7 Å². The average Bonchev–Trinajstić information content (AvgIpc) is 3.65. The van der Waals surface area contributed by atoms with Gasteiger partial charge in [0.2, 0.25) is 5.95 Å². The lowest BCUT2D eigenvalue weighted by molar-refractivity contribution is 0.674. The van der Waals surface area contributed by atoms with Gasteiger partial charge in [0.25, 0.3) is 0 Å². The average molecular weight is 550 g/mol. The molecular weight excluding hydrogens is 530 g/mol. The molecule has 3 aromatic carbocycles. The van der Waals surface area contributed by atoms with Crippen LogP contribution in [0, 0.1) is 6.92 Å². The highest BCUT2D eigenvalue weighted by atomic mass is 79.9. The number of anilines is 1. The van der Waals surface area contributed by atoms with Crippen LogP contribution in [0.4, 0.5) is 5.95 Å². The molecule has 0 bridgehead atoms. The molecule has 3 aromatic heterocycles. The van der Waals surface area contributed by atoms with Crippen LogP contribution < -0.4 is 5.32 Å². The first-order valence-electron chi connectivity index (χ1n) is 11.8. The summed E-state index contributed by atoms with van der Waals surface area (Å²) >= 11 is 3.59. The van der Waals surface area contributed by atoms with E-state index in [1.807, 2.05) is 87.6 Å². The van der Waals surface area contributed by atoms with Crippen molar-refractivity contribution < 1.29 is 0 Å². The van der Waals surface area contributed by atoms with Crippen LogP contribution in [-0.4, -0.2) is 39.5 Å². The number of halogens is 1. The summed E-state index contributed by atoms with van der Waals surface area (Å²) in [6.07, 6.45) is 3.92. The molecule has 1 N–H and O–H groups in total. The van der Waals surface area contributed by atoms with Gasteiger partial charge in [-0.05, 0) is 55.0 Å². The highest BCUT2D eigenvalue weighted by Gasteiger charge is 2.31. The number of aromatic nitrogens is 8. The summed E-state index contributed by atoms with van der Waals surface area (Å²) in [5, 5.41) is 26.0. The molecule has 0 aliphatic carbocycles. The Balaban J connectivity index is 1.51. The first-order valence-corrected chi connectivity index (χ1v) is 12.6. The van der Waals surface area contributed by atoms with Gasteiger partial charge in [0.1, 0.15) is 11.8 Å². The second kappa shape index (κ2) is 8.52. The number of hydrogen-bond donors (Lipinski definition) is 1. The predicted octanol–water partition coefficient (Wildman–Crippen LogP) is 5.32. The summed E-state index contributed by atoms with van der Waals surface area (Å²) in [6.45, 7) is 2.02. The van der Waals surface area contributed by atoms with Gasteiger partial charge < -0.3 is 5.32 Å². The molecule has 1 atom stereocenters. The molecule has 0 saturated heterocycles. The van der Waals surface area contributed by atoms with E-state index >= 15 is 0 Å². The number of fused-ring (bicyclic) bond motifs is 2. The quantitative estimate of drug-likeness (QED) is 0.319. The molecule has 0 amide bonds. The highest BCUT2D eigenvalue weighted by Crippen LogP contribution is 2.38. The minimum atomic E-state index is -0.240. The lowest BCUT2D eigenvalue weighted by Crippen LogP contribution is -2.21. The third-order valence-electron chi connectivity index (χ3n) is 6.51. The van der Waals surface area contributed by atoms with Crippen molar-refractivity contribution in [1.82, 2.24) is 39.5 Å². The molecule has 9 nitrogen and oxygen atoms in total. The van der Waals surface area contributed by atoms with Gasteiger partial charge >= 0.3 is 0 Å². The zero-order valence-electron chi connectivity index (χ0n) is 19.7. The van der Waals surface area contributed by atoms with E-state index in [-0.39, 0.29) is 6.04 Å². The molecule has 0 saturated carbocycles. The van der Waals surface area contributed by atoms with E-state index in [1.54, 1.807) is 6.33 Å². The van der Waals surface area contributed by atoms with Gasteiger partial charge in [-0.2, -0.15) is 9.78 Å². The Labute approximate surface area is 220 Å². The summed E-state index contributed by atoms with van der Waals surface area (Å²) in [5.41, 5.74) is 6.47. The van der Waals surface area contributed by atoms with E-state index in [0.29, 0.717) is 5.95 Å². The number of allylic oxidation sites excluding steroid dienone is 1. The van der Waals surface area contributed by atoms with E-state index in [4.69, 9.17) is 5.10 Å². The van der Waals surface area contributed by atoms with Crippen LogP contribution in [0.25, 0.3) is 28.2 Å². The molecule has 1 aliphatic heterocycles. The fraction of sp³-hybridized carbons (Fsp3) is 0.0741. The van der Waals surface area contributed by atoms with E-state index in [2.05, 4.69) is 60.0 Å². The van der Waals surface area contributed by atoms with Crippen molar-refractivity contribution in [3.8, 4) is 11.5 Å². The van der Waals surface area contributed by atoms with Crippen LogP contribution in [-0.2, 0) is 0 Å². The standard InChI is InChI=1S/C27H20BrN9/c1-17-25(24-15-22(18-8-7-9-19(28)14-18)30-27-32-29-16-35(24)27)26(36(33-17)20-10-3-2-4-11-20)37-23-13-6-5-12-21(23)31-34-37/h2-16,24H,1H3,(H,30,32). The summed E-state index contributed by atoms with van der Waals surface area (Å²) in [7, 11) is 0. The van der Waals surface area contributed by atoms with Gasteiger partial charge in [0.15, 0.2) is 5.82 Å². The Kier molecular flexibility index (Phi) is 5.00. The number of hydrogen-bond acceptors (Lipinski definition) is 6. The van der Waals surface area contributed by atoms with Crippen molar-refractivity contribution in [3.63, 3.8) is 0 Å². The van der Waals surface area contributed by atoms with E-state index in [0.717, 1.165) is 49.5 Å². The van der Waals surface area contributed by atoms with Crippen LogP contribution in [0.15, 0.2) is 95.7 Å². The van der Waals surface area contributed by atoms with Crippen molar-refractivity contribution in [2.75, 3.05) is 5.32 Å². The highest BCUT2D eigenvalue weighted by molar-refractivity contribution is 9.10. The zero-order valence-corrected chi connectivity index (χ0v) is 21.3. The van der Waals surface area contributed by atoms with Crippen molar-refractivity contribution >= 4 is 38.6 Å². The minimum absolute atomic E-state index is 0.240. The van der Waals surface area contributed by atoms with Crippen LogP contribution >= 0.6 is 15.9 Å². The van der Waals surface area contributed by atoms with Gasteiger partial charge in [-0.15, -0.1) is 15.3 Å². The normalized spacial score (nSPS) is 14.9. The molecule has 180 valence electrons. The van der Waals surface area contributed by atoms with Gasteiger partial charge in [-0.25, -0.2) is 4.68 Å². The molecule has 6 aromatic rings. The largest absolute Gasteiger partial charge is 0.324 e. The first-order chi connectivity index (χ1) is 18.2. The van der Waals surface area contributed by atoms with Crippen molar-refractivity contribution in [3.05, 3.63) is 113 Å². The monoisotopic (exact) mass is 549 g/mol. The maximum absolute atomic E-state index is 5.00. The molecular formula is C27H20BrN9. The summed E-state index contributed by atoms with van der Waals surface area (Å²) in [6, 6.07) is 25.9. The molecule has 10 heteroatoms. The Bertz CT molecular complexity index is 1800. The topological polar surface area (TPSA) is 91.3 Å². The third kappa shape index (κ3) is 3.56. The maximum Gasteiger partial charge on any atom is 0.229 e. The summed E-state index contributed by atoms with van der Waals surface area (Å²) in [5.74, 6) is 1.47. The smallest absolute Gasteiger partial charge is 0.229 e. The van der Waals surface area contributed by atoms with Gasteiger partial charge in [0.05, 0.1) is 22.9 Å². The van der Waals surface area contributed by atoms with E-state index in [1.165, 1.54) is 0 Å². The van der Waals surface area contributed by atoms with E-state index < -0.39 is 0 Å². The maximum atomic E-state index is 5.00. The van der Waals surface area contributed by atoms with Crippen LogP contribution in [0.1, 0.15) is 22.9 Å². The molecule has 0 fully saturated rings. The number of para-hydroxylation sites is 2. The van der Waals surface area contributed by atoms with Gasteiger partial charge in [-0.3, -0.25) is 4.57 Å². The molecule has 4 heterocycles. The van der Waals surface area contributed by atoms with Crippen molar-refractivity contribution in [2.45, 2.75) is 13.0 Å². The Morgan fingerprint density at radius 3 is 2.59 bits per heavy atom. The van der Waals surface area contributed by atoms with E-state index in [9.17, 15) is 0 Å². The molecule has 0 radical (unpaired) electrons.